The van der Waals surface area contributed by atoms with Gasteiger partial charge in [-0.3, -0.25) is 4.90 Å². The van der Waals surface area contributed by atoms with Crippen LogP contribution in [-0.4, -0.2) is 49.8 Å². The smallest absolute Gasteiger partial charge is 0.0600 e. The molecule has 0 radical (unpaired) electrons. The predicted molar refractivity (Wildman–Crippen MR) is 64.5 cm³/mol. The zero-order chi connectivity index (χ0) is 10.8. The number of piperidine rings is 2. The van der Waals surface area contributed by atoms with Crippen LogP contribution in [0.1, 0.15) is 32.1 Å². The van der Waals surface area contributed by atoms with E-state index in [-0.39, 0.29) is 0 Å². The molecule has 2 aliphatic heterocycles. The van der Waals surface area contributed by atoms with E-state index in [0.717, 1.165) is 31.7 Å². The fourth-order valence-electron chi connectivity index (χ4n) is 3.60. The zero-order valence-electron chi connectivity index (χ0n) is 10.2. The van der Waals surface area contributed by atoms with E-state index in [2.05, 4.69) is 10.2 Å². The molecule has 3 nitrogen and oxygen atoms in total. The first-order valence-electron chi connectivity index (χ1n) is 6.98. The summed E-state index contributed by atoms with van der Waals surface area (Å²) < 4.78 is 5.97. The SMILES string of the molecule is C1CC(OCCN2CC3CCC2C3)CCN1. The monoisotopic (exact) mass is 224 g/mol. The number of ether oxygens (including phenoxy) is 1. The Morgan fingerprint density at radius 3 is 2.69 bits per heavy atom. The number of fused-ring (bicyclic) bond motifs is 2. The molecule has 3 fully saturated rings. The molecule has 0 amide bonds. The van der Waals surface area contributed by atoms with Gasteiger partial charge in [0.25, 0.3) is 0 Å². The minimum Gasteiger partial charge on any atom is -0.377 e. The van der Waals surface area contributed by atoms with E-state index in [0.29, 0.717) is 6.10 Å². The van der Waals surface area contributed by atoms with Gasteiger partial charge in [-0.2, -0.15) is 0 Å². The standard InChI is InChI=1S/C13H24N2O/c1-2-12-9-11(1)10-15(12)7-8-16-13-3-5-14-6-4-13/h11-14H,1-10H2. The summed E-state index contributed by atoms with van der Waals surface area (Å²) in [5.74, 6) is 1.02. The molecule has 1 saturated carbocycles. The molecule has 2 heterocycles. The fraction of sp³-hybridized carbons (Fsp3) is 1.00. The quantitative estimate of drug-likeness (QED) is 0.777. The summed E-state index contributed by atoms with van der Waals surface area (Å²) in [6.07, 6.45) is 7.32. The second kappa shape index (κ2) is 5.03. The second-order valence-electron chi connectivity index (χ2n) is 5.65. The van der Waals surface area contributed by atoms with Crippen LogP contribution in [0.15, 0.2) is 0 Å². The lowest BCUT2D eigenvalue weighted by Crippen LogP contribution is -2.37. The van der Waals surface area contributed by atoms with Crippen molar-refractivity contribution in [1.29, 1.82) is 0 Å². The highest BCUT2D eigenvalue weighted by Crippen LogP contribution is 2.36. The van der Waals surface area contributed by atoms with Crippen molar-refractivity contribution in [1.82, 2.24) is 10.2 Å². The van der Waals surface area contributed by atoms with Crippen molar-refractivity contribution in [2.45, 2.75) is 44.2 Å². The van der Waals surface area contributed by atoms with Crippen LogP contribution in [0.3, 0.4) is 0 Å². The molecular weight excluding hydrogens is 200 g/mol. The molecule has 2 saturated heterocycles. The molecule has 1 N–H and O–H groups in total. The van der Waals surface area contributed by atoms with Gasteiger partial charge in [0, 0.05) is 19.1 Å². The number of nitrogens with zero attached hydrogens (tertiary/aromatic N) is 1. The first-order chi connectivity index (χ1) is 7.92. The van der Waals surface area contributed by atoms with Gasteiger partial charge in [0.05, 0.1) is 12.7 Å². The van der Waals surface area contributed by atoms with Crippen LogP contribution in [0, 0.1) is 5.92 Å². The van der Waals surface area contributed by atoms with Gasteiger partial charge in [-0.15, -0.1) is 0 Å². The molecule has 2 bridgehead atoms. The Balaban J connectivity index is 1.34. The van der Waals surface area contributed by atoms with Crippen LogP contribution >= 0.6 is 0 Å². The lowest BCUT2D eigenvalue weighted by Gasteiger charge is -2.28. The van der Waals surface area contributed by atoms with Gasteiger partial charge in [0.15, 0.2) is 0 Å². The molecule has 3 rings (SSSR count). The first-order valence-corrected chi connectivity index (χ1v) is 6.98. The van der Waals surface area contributed by atoms with E-state index in [1.165, 1.54) is 45.2 Å². The summed E-state index contributed by atoms with van der Waals surface area (Å²) in [5, 5.41) is 3.38. The molecule has 3 heteroatoms. The Morgan fingerprint density at radius 2 is 2.00 bits per heavy atom. The molecule has 2 unspecified atom stereocenters. The Morgan fingerprint density at radius 1 is 1.12 bits per heavy atom. The predicted octanol–water partition coefficient (Wildman–Crippen LogP) is 1.24. The molecular formula is C13H24N2O. The summed E-state index contributed by atoms with van der Waals surface area (Å²) in [6.45, 7) is 5.75. The third-order valence-corrected chi connectivity index (χ3v) is 4.54. The molecule has 1 aliphatic carbocycles. The Bertz CT molecular complexity index is 228. The van der Waals surface area contributed by atoms with Gasteiger partial charge in [0.2, 0.25) is 0 Å². The van der Waals surface area contributed by atoms with Crippen LogP contribution < -0.4 is 5.32 Å². The van der Waals surface area contributed by atoms with E-state index >= 15 is 0 Å². The molecule has 0 aromatic heterocycles. The van der Waals surface area contributed by atoms with E-state index in [4.69, 9.17) is 4.74 Å². The van der Waals surface area contributed by atoms with E-state index in [1.54, 1.807) is 0 Å². The molecule has 0 aromatic rings. The molecule has 0 spiro atoms. The molecule has 92 valence electrons. The minimum atomic E-state index is 0.529. The van der Waals surface area contributed by atoms with Crippen molar-refractivity contribution < 1.29 is 4.74 Å². The average Bonchev–Trinajstić information content (AvgIpc) is 2.92. The first kappa shape index (κ1) is 11.0. The highest BCUT2D eigenvalue weighted by Gasteiger charge is 2.37. The van der Waals surface area contributed by atoms with E-state index in [9.17, 15) is 0 Å². The molecule has 3 aliphatic rings. The number of likely N-dealkylation sites (tertiary alicyclic amines) is 1. The van der Waals surface area contributed by atoms with E-state index in [1.807, 2.05) is 0 Å². The van der Waals surface area contributed by atoms with Crippen molar-refractivity contribution in [3.05, 3.63) is 0 Å². The molecule has 2 atom stereocenters. The maximum atomic E-state index is 5.97. The van der Waals surface area contributed by atoms with Crippen LogP contribution in [0.5, 0.6) is 0 Å². The lowest BCUT2D eigenvalue weighted by atomic mass is 10.1. The van der Waals surface area contributed by atoms with Crippen LogP contribution in [0.2, 0.25) is 0 Å². The van der Waals surface area contributed by atoms with Crippen molar-refractivity contribution in [2.24, 2.45) is 5.92 Å². The fourth-order valence-corrected chi connectivity index (χ4v) is 3.60. The number of hydrogen-bond donors (Lipinski definition) is 1. The topological polar surface area (TPSA) is 24.5 Å². The third kappa shape index (κ3) is 2.41. The van der Waals surface area contributed by atoms with Crippen molar-refractivity contribution in [3.8, 4) is 0 Å². The third-order valence-electron chi connectivity index (χ3n) is 4.54. The summed E-state index contributed by atoms with van der Waals surface area (Å²) in [6, 6.07) is 0.904. The maximum absolute atomic E-state index is 5.97. The number of hydrogen-bond acceptors (Lipinski definition) is 3. The van der Waals surface area contributed by atoms with Crippen LogP contribution in [0.25, 0.3) is 0 Å². The number of rotatable bonds is 4. The van der Waals surface area contributed by atoms with E-state index < -0.39 is 0 Å². The zero-order valence-corrected chi connectivity index (χ0v) is 10.2. The molecule has 16 heavy (non-hydrogen) atoms. The summed E-state index contributed by atoms with van der Waals surface area (Å²) >= 11 is 0. The Labute approximate surface area is 98.5 Å². The van der Waals surface area contributed by atoms with Crippen molar-refractivity contribution in [3.63, 3.8) is 0 Å². The highest BCUT2D eigenvalue weighted by atomic mass is 16.5. The summed E-state index contributed by atoms with van der Waals surface area (Å²) in [5.41, 5.74) is 0. The van der Waals surface area contributed by atoms with Gasteiger partial charge in [0.1, 0.15) is 0 Å². The Hall–Kier alpha value is -0.120. The van der Waals surface area contributed by atoms with Crippen molar-refractivity contribution >= 4 is 0 Å². The average molecular weight is 224 g/mol. The van der Waals surface area contributed by atoms with Gasteiger partial charge in [-0.1, -0.05) is 0 Å². The van der Waals surface area contributed by atoms with Crippen molar-refractivity contribution in [2.75, 3.05) is 32.8 Å². The minimum absolute atomic E-state index is 0.529. The maximum Gasteiger partial charge on any atom is 0.0600 e. The van der Waals surface area contributed by atoms with Gasteiger partial charge in [-0.25, -0.2) is 0 Å². The second-order valence-corrected chi connectivity index (χ2v) is 5.65. The molecule has 0 aromatic carbocycles. The normalized spacial score (nSPS) is 36.0. The van der Waals surface area contributed by atoms with Gasteiger partial charge in [-0.05, 0) is 51.1 Å². The van der Waals surface area contributed by atoms with Gasteiger partial charge >= 0.3 is 0 Å². The highest BCUT2D eigenvalue weighted by molar-refractivity contribution is 4.91. The Kier molecular flexibility index (Phi) is 3.46. The van der Waals surface area contributed by atoms with Gasteiger partial charge < -0.3 is 10.1 Å². The van der Waals surface area contributed by atoms with Crippen LogP contribution in [0.4, 0.5) is 0 Å². The largest absolute Gasteiger partial charge is 0.377 e. The number of nitrogens with one attached hydrogen (secondary N) is 1. The van der Waals surface area contributed by atoms with Crippen LogP contribution in [-0.2, 0) is 4.74 Å². The summed E-state index contributed by atoms with van der Waals surface area (Å²) in [4.78, 5) is 2.66. The summed E-state index contributed by atoms with van der Waals surface area (Å²) in [7, 11) is 0. The lowest BCUT2D eigenvalue weighted by molar-refractivity contribution is 0.0161.